The number of hydrogen-bond acceptors (Lipinski definition) is 23. The Hall–Kier alpha value is -3.81. The summed E-state index contributed by atoms with van der Waals surface area (Å²) in [5.41, 5.74) is 15.7. The number of alkyl halides is 1. The summed E-state index contributed by atoms with van der Waals surface area (Å²) in [5.74, 6) is -5.17. The van der Waals surface area contributed by atoms with Gasteiger partial charge in [-0.05, 0) is 25.7 Å². The maximum atomic E-state index is 13.7. The second kappa shape index (κ2) is 63.0. The molecule has 0 spiro atoms. The summed E-state index contributed by atoms with van der Waals surface area (Å²) < 4.78 is 21.9. The van der Waals surface area contributed by atoms with Crippen molar-refractivity contribution in [3.63, 3.8) is 0 Å². The van der Waals surface area contributed by atoms with Crippen LogP contribution in [-0.2, 0) is 109 Å². The van der Waals surface area contributed by atoms with Crippen LogP contribution in [0.2, 0.25) is 0 Å². The molecule has 104 heavy (non-hydrogen) atoms. The van der Waals surface area contributed by atoms with Gasteiger partial charge in [-0.1, -0.05) is 89.9 Å². The Labute approximate surface area is 654 Å². The van der Waals surface area contributed by atoms with Crippen molar-refractivity contribution in [3.05, 3.63) is 5.73 Å². The minimum atomic E-state index is -1.33. The Kier molecular flexibility index (Phi) is 62.0. The Bertz CT molecular complexity index is 2470. The van der Waals surface area contributed by atoms with Gasteiger partial charge in [-0.3, -0.25) is 28.8 Å². The average molecular weight is 1670 g/mol. The quantitative estimate of drug-likeness (QED) is 0.0132. The Morgan fingerprint density at radius 2 is 1.01 bits per heavy atom. The fraction of sp³-hybridized carbons (Fsp3) is 0.833. The van der Waals surface area contributed by atoms with Crippen LogP contribution in [0.15, 0.2) is 0 Å². The van der Waals surface area contributed by atoms with E-state index >= 15 is 0 Å². The van der Waals surface area contributed by atoms with Crippen molar-refractivity contribution in [2.24, 2.45) is 17.4 Å². The Morgan fingerprint density at radius 3 is 1.56 bits per heavy atom. The number of carboxylic acids is 2. The van der Waals surface area contributed by atoms with Crippen molar-refractivity contribution in [2.45, 2.75) is 269 Å². The number of amides is 4. The molecule has 1 radical (unpaired) electrons. The molecule has 0 aliphatic rings. The first-order chi connectivity index (χ1) is 48.9. The van der Waals surface area contributed by atoms with Gasteiger partial charge in [0.2, 0.25) is 17.7 Å². The molecule has 32 heteroatoms. The van der Waals surface area contributed by atoms with Crippen LogP contribution in [0.4, 0.5) is 0 Å². The van der Waals surface area contributed by atoms with E-state index < -0.39 is 92.2 Å². The number of halogens is 1. The molecule has 5 atom stereocenters. The minimum Gasteiger partial charge on any atom is -0.394 e. The topological polar surface area (TPSA) is 475 Å². The van der Waals surface area contributed by atoms with E-state index in [1.54, 1.807) is 20.8 Å². The molecule has 0 aromatic carbocycles. The number of rotatable bonds is 74. The SMILES string of the molecule is CC(C)C[C@](C)(NCC(=O)C(C)(C)[NH-])C(=O)CN[C@@H](CCCN)C(=O)[I-]CNC(C)(C)C(=O)CN[C@@H](CCCCNC(=O)COCCOCCCC(=O)COCCOCCNC(=O)CC[C@H](NC(=O)CCCCCCCCCCCCCCCCCCC(=O)O)C(=O)O)C(=O)CN[C@@H](CO)C(N)=O.[Y]. The number of hydrogen-bond donors (Lipinski definition) is 13. The molecule has 0 aromatic rings. The number of primary amides is 1. The summed E-state index contributed by atoms with van der Waals surface area (Å²) in [6, 6.07) is -3.87. The molecule has 0 bridgehead atoms. The van der Waals surface area contributed by atoms with Crippen molar-refractivity contribution in [1.29, 1.82) is 0 Å². The normalized spacial score (nSPS) is 13.5. The van der Waals surface area contributed by atoms with Crippen LogP contribution in [0.1, 0.15) is 228 Å². The van der Waals surface area contributed by atoms with Gasteiger partial charge in [0, 0.05) is 71.5 Å². The fourth-order valence-corrected chi connectivity index (χ4v) is 13.3. The van der Waals surface area contributed by atoms with E-state index in [-0.39, 0.29) is 218 Å². The first kappa shape index (κ1) is 102. The molecule has 0 fully saturated rings. The van der Waals surface area contributed by atoms with Crippen LogP contribution in [0, 0.1) is 5.92 Å². The maximum absolute atomic E-state index is 13.7. The monoisotopic (exact) mass is 1670 g/mol. The molecule has 601 valence electrons. The summed E-state index contributed by atoms with van der Waals surface area (Å²) >= 11 is -1.20. The molecule has 0 unspecified atom stereocenters. The van der Waals surface area contributed by atoms with Crippen molar-refractivity contribution >= 4 is 68.3 Å². The van der Waals surface area contributed by atoms with Crippen molar-refractivity contribution < 1.29 is 146 Å². The van der Waals surface area contributed by atoms with Crippen LogP contribution in [0.25, 0.3) is 5.73 Å². The predicted molar refractivity (Wildman–Crippen MR) is 388 cm³/mol. The first-order valence-electron chi connectivity index (χ1n) is 37.3. The number of nitrogens with one attached hydrogen (secondary N) is 9. The standard InChI is InChI=1S/C72H132IN11O19.Y/c1-53(2)44-72(7,82-48-60(88)70(3,4)76)62(90)47-81-56(30-26-35-74)67(96)73-52-83-71(5,6)61(89)46-80-55(59(87)45-79-58(49-85)68(75)97)29-24-25-36-77-65(93)51-103-43-40-100-38-27-28-54(86)50-102-42-41-101-39-37-78-63(91)34-33-57(69(98)99)84-64(92)31-22-20-18-16-14-12-10-8-9-11-13-15-17-19-21-23-32-66(94)95;/h53,55-58,76,79-83,85H,8-52,74H2,1-7H3,(H2,75,97)(H,77,93)(H,78,91)(H,84,92)(H,94,95)(H,98,99);/q-2;/t55-,56-,57-,58-,72-;/m0./s1. The van der Waals surface area contributed by atoms with Crippen LogP contribution in [-0.4, -0.2) is 234 Å². The molecule has 0 heterocycles. The molecular formula is C72H132IN11O19Y-2. The summed E-state index contributed by atoms with van der Waals surface area (Å²) in [6.07, 6.45) is 21.1. The Balaban J connectivity index is 0. The van der Waals surface area contributed by atoms with E-state index in [1.807, 2.05) is 13.8 Å². The molecule has 0 rings (SSSR count). The van der Waals surface area contributed by atoms with Crippen LogP contribution in [0.5, 0.6) is 0 Å². The van der Waals surface area contributed by atoms with Crippen molar-refractivity contribution in [2.75, 3.05) is 110 Å². The third kappa shape index (κ3) is 55.6. The Morgan fingerprint density at radius 1 is 0.490 bits per heavy atom. The van der Waals surface area contributed by atoms with E-state index in [2.05, 4.69) is 42.5 Å². The number of nitrogens with two attached hydrogens (primary N) is 2. The van der Waals surface area contributed by atoms with Gasteiger partial charge in [0.05, 0.1) is 33.0 Å². The molecule has 0 saturated heterocycles. The van der Waals surface area contributed by atoms with E-state index in [0.29, 0.717) is 51.5 Å². The molecule has 0 aromatic heterocycles. The number of carboxylic acid groups (broad SMARTS) is 2. The van der Waals surface area contributed by atoms with Gasteiger partial charge < -0.3 is 50.6 Å². The molecule has 0 aliphatic carbocycles. The zero-order valence-electron chi connectivity index (χ0n) is 63.7. The summed E-state index contributed by atoms with van der Waals surface area (Å²) in [4.78, 5) is 151. The summed E-state index contributed by atoms with van der Waals surface area (Å²) in [5, 5.41) is 50.9. The van der Waals surface area contributed by atoms with E-state index in [9.17, 15) is 67.7 Å². The molecule has 30 nitrogen and oxygen atoms in total. The molecule has 16 N–H and O–H groups in total. The van der Waals surface area contributed by atoms with Crippen LogP contribution in [0.3, 0.4) is 0 Å². The fourth-order valence-electron chi connectivity index (χ4n) is 10.7. The number of aliphatic carboxylic acids is 2. The van der Waals surface area contributed by atoms with Gasteiger partial charge in [0.1, 0.15) is 19.3 Å². The number of aliphatic hydroxyl groups excluding tert-OH is 1. The zero-order valence-corrected chi connectivity index (χ0v) is 68.7. The number of ketones is 5. The second-order valence-electron chi connectivity index (χ2n) is 28.0. The smallest absolute Gasteiger partial charge is 0.394 e. The molecule has 0 saturated carbocycles. The van der Waals surface area contributed by atoms with Gasteiger partial charge in [-0.25, -0.2) is 4.79 Å². The third-order valence-corrected chi connectivity index (χ3v) is 19.5. The summed E-state index contributed by atoms with van der Waals surface area (Å²) in [7, 11) is 0. The third-order valence-electron chi connectivity index (χ3n) is 17.2. The van der Waals surface area contributed by atoms with E-state index in [4.69, 9.17) is 41.3 Å². The van der Waals surface area contributed by atoms with E-state index in [1.165, 1.54) is 65.2 Å². The van der Waals surface area contributed by atoms with Crippen molar-refractivity contribution in [3.8, 4) is 0 Å². The second-order valence-corrected chi connectivity index (χ2v) is 30.6. The number of unbranched alkanes of at least 4 members (excludes halogenated alkanes) is 16. The number of aliphatic hydroxyl groups is 1. The molecule has 0 aliphatic heterocycles. The zero-order chi connectivity index (χ0) is 77.3. The number of carbonyl (C=O) groups excluding carboxylic acids is 10. The van der Waals surface area contributed by atoms with Gasteiger partial charge in [0.25, 0.3) is 0 Å². The van der Waals surface area contributed by atoms with Gasteiger partial charge >= 0.3 is 311 Å². The first-order valence-corrected chi connectivity index (χ1v) is 39.9. The van der Waals surface area contributed by atoms with Gasteiger partial charge in [-0.15, -0.1) is 0 Å². The van der Waals surface area contributed by atoms with Crippen LogP contribution >= 0.6 is 0 Å². The van der Waals surface area contributed by atoms with Gasteiger partial charge in [0.15, 0.2) is 5.78 Å². The average Bonchev–Trinajstić information content (AvgIpc) is 0.836. The number of carbonyl (C=O) groups is 12. The minimum absolute atomic E-state index is 0. The summed E-state index contributed by atoms with van der Waals surface area (Å²) in [6.45, 7) is 12.0. The predicted octanol–water partition coefficient (Wildman–Crippen LogP) is 0.792. The van der Waals surface area contributed by atoms with Gasteiger partial charge in [-0.2, -0.15) is 0 Å². The van der Waals surface area contributed by atoms with E-state index in [0.717, 1.165) is 44.9 Å². The molecular weight excluding hydrogens is 1540 g/mol. The number of Topliss-reactive ketones (excluding diaryl/α,β-unsaturated/α-hetero) is 5. The molecule has 4 amide bonds. The van der Waals surface area contributed by atoms with Crippen molar-refractivity contribution in [1.82, 2.24) is 42.5 Å². The number of ether oxygens (including phenoxy) is 4. The van der Waals surface area contributed by atoms with Crippen LogP contribution < -0.4 is 75.2 Å².